The smallest absolute Gasteiger partial charge is 0.326 e. The summed E-state index contributed by atoms with van der Waals surface area (Å²) in [6, 6.07) is 7.25. The van der Waals surface area contributed by atoms with Crippen LogP contribution in [0.2, 0.25) is 0 Å². The number of hydrogen-bond acceptors (Lipinski definition) is 2. The number of carboxylic acid groups (broad SMARTS) is 1. The Morgan fingerprint density at radius 3 is 2.47 bits per heavy atom. The van der Waals surface area contributed by atoms with Crippen molar-refractivity contribution in [3.05, 3.63) is 29.8 Å². The molecular formula is C12H17NO2. The Morgan fingerprint density at radius 1 is 1.40 bits per heavy atom. The van der Waals surface area contributed by atoms with E-state index in [1.165, 1.54) is 5.56 Å². The second kappa shape index (κ2) is 5.39. The zero-order valence-electron chi connectivity index (χ0n) is 9.16. The molecule has 0 fully saturated rings. The van der Waals surface area contributed by atoms with Crippen LogP contribution in [0.15, 0.2) is 24.3 Å². The zero-order valence-corrected chi connectivity index (χ0v) is 9.16. The van der Waals surface area contributed by atoms with Gasteiger partial charge in [0.1, 0.15) is 6.04 Å². The highest BCUT2D eigenvalue weighted by Gasteiger charge is 2.15. The van der Waals surface area contributed by atoms with Crippen molar-refractivity contribution in [3.63, 3.8) is 0 Å². The average Bonchev–Trinajstić information content (AvgIpc) is 2.20. The first-order chi connectivity index (χ1) is 7.13. The van der Waals surface area contributed by atoms with Crippen molar-refractivity contribution in [2.24, 2.45) is 0 Å². The molecule has 0 bridgehead atoms. The molecule has 0 aliphatic carbocycles. The van der Waals surface area contributed by atoms with Gasteiger partial charge in [0, 0.05) is 5.69 Å². The summed E-state index contributed by atoms with van der Waals surface area (Å²) < 4.78 is 0. The molecule has 2 N–H and O–H groups in total. The molecule has 0 saturated carbocycles. The van der Waals surface area contributed by atoms with Gasteiger partial charge in [0.05, 0.1) is 0 Å². The molecule has 0 spiro atoms. The van der Waals surface area contributed by atoms with Gasteiger partial charge in [-0.15, -0.1) is 0 Å². The predicted molar refractivity (Wildman–Crippen MR) is 61.1 cm³/mol. The van der Waals surface area contributed by atoms with E-state index in [1.54, 1.807) is 0 Å². The topological polar surface area (TPSA) is 49.3 Å². The number of aliphatic carboxylic acids is 1. The van der Waals surface area contributed by atoms with Crippen molar-refractivity contribution in [3.8, 4) is 0 Å². The van der Waals surface area contributed by atoms with E-state index >= 15 is 0 Å². The van der Waals surface area contributed by atoms with Crippen LogP contribution < -0.4 is 5.32 Å². The zero-order chi connectivity index (χ0) is 11.3. The molecule has 0 aliphatic heterocycles. The van der Waals surface area contributed by atoms with E-state index in [2.05, 4.69) is 5.32 Å². The highest BCUT2D eigenvalue weighted by Crippen LogP contribution is 2.12. The van der Waals surface area contributed by atoms with Gasteiger partial charge in [0.25, 0.3) is 0 Å². The highest BCUT2D eigenvalue weighted by atomic mass is 16.4. The fourth-order valence-electron chi connectivity index (χ4n) is 1.40. The number of carboxylic acids is 1. The Balaban J connectivity index is 2.65. The fraction of sp³-hybridized carbons (Fsp3) is 0.417. The fourth-order valence-corrected chi connectivity index (χ4v) is 1.40. The van der Waals surface area contributed by atoms with Gasteiger partial charge in [0.2, 0.25) is 0 Å². The second-order valence-corrected chi connectivity index (χ2v) is 3.69. The summed E-state index contributed by atoms with van der Waals surface area (Å²) in [5.41, 5.74) is 2.03. The maximum Gasteiger partial charge on any atom is 0.326 e. The molecule has 0 amide bonds. The van der Waals surface area contributed by atoms with Gasteiger partial charge in [-0.05, 0) is 25.5 Å². The number of benzene rings is 1. The Kier molecular flexibility index (Phi) is 4.16. The van der Waals surface area contributed by atoms with E-state index in [-0.39, 0.29) is 0 Å². The first-order valence-electron chi connectivity index (χ1n) is 5.19. The summed E-state index contributed by atoms with van der Waals surface area (Å²) in [6.07, 6.45) is 1.50. The monoisotopic (exact) mass is 207 g/mol. The number of anilines is 1. The SMILES string of the molecule is CCCC(Nc1ccc(C)cc1)C(=O)O. The minimum absolute atomic E-state index is 0.488. The molecule has 0 radical (unpaired) electrons. The lowest BCUT2D eigenvalue weighted by atomic mass is 10.1. The second-order valence-electron chi connectivity index (χ2n) is 3.69. The van der Waals surface area contributed by atoms with Crippen LogP contribution in [0.4, 0.5) is 5.69 Å². The average molecular weight is 207 g/mol. The maximum atomic E-state index is 10.9. The molecule has 1 aromatic carbocycles. The van der Waals surface area contributed by atoms with Gasteiger partial charge in [-0.3, -0.25) is 0 Å². The predicted octanol–water partition coefficient (Wildman–Crippen LogP) is 2.66. The van der Waals surface area contributed by atoms with Crippen LogP contribution in [0.5, 0.6) is 0 Å². The third-order valence-corrected chi connectivity index (χ3v) is 2.27. The van der Waals surface area contributed by atoms with Crippen LogP contribution in [0.25, 0.3) is 0 Å². The van der Waals surface area contributed by atoms with Gasteiger partial charge in [0.15, 0.2) is 0 Å². The van der Waals surface area contributed by atoms with Crippen LogP contribution in [0.3, 0.4) is 0 Å². The molecule has 15 heavy (non-hydrogen) atoms. The molecule has 0 saturated heterocycles. The first-order valence-corrected chi connectivity index (χ1v) is 5.19. The Bertz CT molecular complexity index is 319. The van der Waals surface area contributed by atoms with Crippen LogP contribution in [-0.4, -0.2) is 17.1 Å². The lowest BCUT2D eigenvalue weighted by Crippen LogP contribution is -2.28. The molecule has 1 aromatic rings. The number of aryl methyl sites for hydroxylation is 1. The van der Waals surface area contributed by atoms with Crippen LogP contribution >= 0.6 is 0 Å². The van der Waals surface area contributed by atoms with Gasteiger partial charge < -0.3 is 10.4 Å². The van der Waals surface area contributed by atoms with Crippen LogP contribution in [-0.2, 0) is 4.79 Å². The number of rotatable bonds is 5. The molecule has 0 aromatic heterocycles. The van der Waals surface area contributed by atoms with Gasteiger partial charge in [-0.2, -0.15) is 0 Å². The van der Waals surface area contributed by atoms with E-state index in [4.69, 9.17) is 5.11 Å². The molecular weight excluding hydrogens is 190 g/mol. The van der Waals surface area contributed by atoms with Gasteiger partial charge in [-0.25, -0.2) is 4.79 Å². The number of nitrogens with one attached hydrogen (secondary N) is 1. The molecule has 0 heterocycles. The van der Waals surface area contributed by atoms with Crippen molar-refractivity contribution in [1.29, 1.82) is 0 Å². The third-order valence-electron chi connectivity index (χ3n) is 2.27. The third kappa shape index (κ3) is 3.62. The quantitative estimate of drug-likeness (QED) is 0.780. The standard InChI is InChI=1S/C12H17NO2/c1-3-4-11(12(14)15)13-10-7-5-9(2)6-8-10/h5-8,11,13H,3-4H2,1-2H3,(H,14,15). The normalized spacial score (nSPS) is 12.1. The Hall–Kier alpha value is -1.51. The molecule has 82 valence electrons. The molecule has 3 nitrogen and oxygen atoms in total. The number of carbonyl (C=O) groups is 1. The van der Waals surface area contributed by atoms with E-state index in [0.29, 0.717) is 6.42 Å². The van der Waals surface area contributed by atoms with Crippen molar-refractivity contribution in [2.45, 2.75) is 32.7 Å². The summed E-state index contributed by atoms with van der Waals surface area (Å²) >= 11 is 0. The molecule has 1 unspecified atom stereocenters. The van der Waals surface area contributed by atoms with E-state index in [1.807, 2.05) is 38.1 Å². The summed E-state index contributed by atoms with van der Waals surface area (Å²) in [7, 11) is 0. The minimum atomic E-state index is -0.794. The first kappa shape index (κ1) is 11.6. The van der Waals surface area contributed by atoms with Gasteiger partial charge >= 0.3 is 5.97 Å². The van der Waals surface area contributed by atoms with Gasteiger partial charge in [-0.1, -0.05) is 31.0 Å². The lowest BCUT2D eigenvalue weighted by molar-refractivity contribution is -0.138. The van der Waals surface area contributed by atoms with E-state index in [9.17, 15) is 4.79 Å². The Labute approximate surface area is 90.1 Å². The summed E-state index contributed by atoms with van der Waals surface area (Å²) in [5.74, 6) is -0.794. The summed E-state index contributed by atoms with van der Waals surface area (Å²) in [4.78, 5) is 10.9. The van der Waals surface area contributed by atoms with E-state index < -0.39 is 12.0 Å². The molecule has 1 rings (SSSR count). The maximum absolute atomic E-state index is 10.9. The van der Waals surface area contributed by atoms with Crippen molar-refractivity contribution in [1.82, 2.24) is 0 Å². The van der Waals surface area contributed by atoms with E-state index in [0.717, 1.165) is 12.1 Å². The number of hydrogen-bond donors (Lipinski definition) is 2. The van der Waals surface area contributed by atoms with Crippen molar-refractivity contribution >= 4 is 11.7 Å². The highest BCUT2D eigenvalue weighted by molar-refractivity contribution is 5.77. The molecule has 0 aliphatic rings. The summed E-state index contributed by atoms with van der Waals surface area (Å²) in [6.45, 7) is 3.98. The molecule has 3 heteroatoms. The van der Waals surface area contributed by atoms with Crippen LogP contribution in [0, 0.1) is 6.92 Å². The minimum Gasteiger partial charge on any atom is -0.480 e. The van der Waals surface area contributed by atoms with Crippen molar-refractivity contribution in [2.75, 3.05) is 5.32 Å². The largest absolute Gasteiger partial charge is 0.480 e. The summed E-state index contributed by atoms with van der Waals surface area (Å²) in [5, 5.41) is 12.0. The van der Waals surface area contributed by atoms with Crippen LogP contribution in [0.1, 0.15) is 25.3 Å². The van der Waals surface area contributed by atoms with Crippen molar-refractivity contribution < 1.29 is 9.90 Å². The Morgan fingerprint density at radius 2 is 2.00 bits per heavy atom. The lowest BCUT2D eigenvalue weighted by Gasteiger charge is -2.14. The molecule has 1 atom stereocenters.